The molecule has 184 valence electrons. The predicted octanol–water partition coefficient (Wildman–Crippen LogP) is 5.55. The van der Waals surface area contributed by atoms with Gasteiger partial charge in [-0.2, -0.15) is 5.26 Å². The van der Waals surface area contributed by atoms with Gasteiger partial charge in [0, 0.05) is 17.4 Å². The quantitative estimate of drug-likeness (QED) is 0.405. The van der Waals surface area contributed by atoms with Gasteiger partial charge in [-0.15, -0.1) is 0 Å². The first-order valence-corrected chi connectivity index (χ1v) is 15.4. The zero-order chi connectivity index (χ0) is 25.4. The van der Waals surface area contributed by atoms with Gasteiger partial charge >= 0.3 is 0 Å². The van der Waals surface area contributed by atoms with Crippen molar-refractivity contribution in [2.24, 2.45) is 11.8 Å². The van der Waals surface area contributed by atoms with Crippen molar-refractivity contribution in [3.8, 4) is 6.07 Å². The molecule has 3 saturated heterocycles. The second-order valence-corrected chi connectivity index (χ2v) is 16.9. The molecule has 0 saturated carbocycles. The monoisotopic (exact) mass is 490 g/mol. The highest BCUT2D eigenvalue weighted by molar-refractivity contribution is 6.74. The van der Waals surface area contributed by atoms with E-state index < -0.39 is 31.4 Å². The maximum absolute atomic E-state index is 14.0. The first-order chi connectivity index (χ1) is 16.4. The molecule has 2 aromatic rings. The third-order valence-corrected chi connectivity index (χ3v) is 13.6. The minimum atomic E-state index is -1.94. The lowest BCUT2D eigenvalue weighted by atomic mass is 9.67. The van der Waals surface area contributed by atoms with Crippen LogP contribution in [-0.4, -0.2) is 37.9 Å². The van der Waals surface area contributed by atoms with Gasteiger partial charge in [0.2, 0.25) is 11.8 Å². The normalized spacial score (nSPS) is 30.3. The van der Waals surface area contributed by atoms with Crippen molar-refractivity contribution in [2.45, 2.75) is 76.3 Å². The molecule has 0 N–H and O–H groups in total. The lowest BCUT2D eigenvalue weighted by molar-refractivity contribution is -0.131. The van der Waals surface area contributed by atoms with Gasteiger partial charge in [0.1, 0.15) is 0 Å². The van der Waals surface area contributed by atoms with Crippen LogP contribution in [0.4, 0.5) is 5.69 Å². The van der Waals surface area contributed by atoms with E-state index in [9.17, 15) is 14.9 Å². The third kappa shape index (κ3) is 3.41. The molecule has 0 radical (unpaired) electrons. The molecule has 3 fully saturated rings. The van der Waals surface area contributed by atoms with Gasteiger partial charge in [0.25, 0.3) is 0 Å². The Labute approximate surface area is 208 Å². The Morgan fingerprint density at radius 1 is 1.09 bits per heavy atom. The van der Waals surface area contributed by atoms with Gasteiger partial charge in [-0.1, -0.05) is 45.0 Å². The zero-order valence-corrected chi connectivity index (χ0v) is 22.5. The fraction of sp³-hybridized carbons (Fsp3) is 0.536. The van der Waals surface area contributed by atoms with Crippen LogP contribution in [0.1, 0.15) is 52.5 Å². The van der Waals surface area contributed by atoms with E-state index in [-0.39, 0.29) is 16.9 Å². The molecule has 35 heavy (non-hydrogen) atoms. The third-order valence-electron chi connectivity index (χ3n) is 9.07. The number of fused-ring (bicyclic) bond motifs is 6. The van der Waals surface area contributed by atoms with E-state index in [0.717, 1.165) is 23.6 Å². The van der Waals surface area contributed by atoms with Gasteiger partial charge in [0.15, 0.2) is 8.32 Å². The van der Waals surface area contributed by atoms with Crippen LogP contribution in [0.2, 0.25) is 18.1 Å². The molecule has 5 rings (SSSR count). The van der Waals surface area contributed by atoms with E-state index in [2.05, 4.69) is 39.9 Å². The molecule has 2 bridgehead atoms. The molecule has 0 aliphatic carbocycles. The Kier molecular flexibility index (Phi) is 5.34. The highest BCUT2D eigenvalue weighted by Gasteiger charge is 2.73. The molecular formula is C28H34N2O4Si. The summed E-state index contributed by atoms with van der Waals surface area (Å²) >= 11 is 0. The Balaban J connectivity index is 1.49. The molecule has 0 aromatic heterocycles. The van der Waals surface area contributed by atoms with Crippen molar-refractivity contribution in [3.05, 3.63) is 42.0 Å². The largest absolute Gasteiger partial charge is 0.417 e. The van der Waals surface area contributed by atoms with Crippen molar-refractivity contribution in [1.29, 1.82) is 5.26 Å². The summed E-state index contributed by atoms with van der Waals surface area (Å²) in [5.74, 6) is -1.38. The van der Waals surface area contributed by atoms with Crippen LogP contribution < -0.4 is 4.90 Å². The molecule has 3 aliphatic heterocycles. The topological polar surface area (TPSA) is 79.6 Å². The van der Waals surface area contributed by atoms with Crippen molar-refractivity contribution in [1.82, 2.24) is 0 Å². The highest BCUT2D eigenvalue weighted by atomic mass is 28.4. The minimum Gasteiger partial charge on any atom is -0.417 e. The summed E-state index contributed by atoms with van der Waals surface area (Å²) in [7, 11) is -1.94. The van der Waals surface area contributed by atoms with E-state index in [4.69, 9.17) is 9.16 Å². The Morgan fingerprint density at radius 3 is 2.40 bits per heavy atom. The second-order valence-electron chi connectivity index (χ2n) is 12.1. The number of imide groups is 1. The van der Waals surface area contributed by atoms with Crippen LogP contribution in [0.3, 0.4) is 0 Å². The number of hydrogen-bond acceptors (Lipinski definition) is 5. The van der Waals surface area contributed by atoms with E-state index in [0.29, 0.717) is 24.3 Å². The number of nitrogens with zero attached hydrogens (tertiary/aromatic N) is 2. The zero-order valence-electron chi connectivity index (χ0n) is 21.5. The van der Waals surface area contributed by atoms with E-state index >= 15 is 0 Å². The van der Waals surface area contributed by atoms with Crippen LogP contribution in [0.25, 0.3) is 10.8 Å². The van der Waals surface area contributed by atoms with E-state index in [1.54, 1.807) is 12.1 Å². The number of carbonyl (C=O) groups is 2. The fourth-order valence-corrected chi connectivity index (χ4v) is 7.16. The summed E-state index contributed by atoms with van der Waals surface area (Å²) in [6, 6.07) is 13.1. The molecule has 0 spiro atoms. The number of rotatable bonds is 5. The van der Waals surface area contributed by atoms with Crippen LogP contribution >= 0.6 is 0 Å². The average Bonchev–Trinajstić information content (AvgIpc) is 3.37. The maximum Gasteiger partial charge on any atom is 0.240 e. The Hall–Kier alpha value is -2.53. The Bertz CT molecular complexity index is 1280. The standard InChI is InChI=1S/C28H34N2O4Si/c1-26(2,3)35(5,6)33-16-15-28-14-13-27(4,34-28)22-23(28)25(32)30(24(22)31)21-12-11-18(17-29)19-9-7-8-10-20(19)21/h7-12,22-23H,13-16H2,1-6H3/t22?,23?,27-,28+/m0/s1. The van der Waals surface area contributed by atoms with Crippen LogP contribution in [0.5, 0.6) is 0 Å². The molecular weight excluding hydrogens is 456 g/mol. The number of ether oxygens (including phenoxy) is 1. The molecule has 2 aromatic carbocycles. The average molecular weight is 491 g/mol. The summed E-state index contributed by atoms with van der Waals surface area (Å²) in [5, 5.41) is 11.1. The van der Waals surface area contributed by atoms with Gasteiger partial charge in [-0.25, -0.2) is 4.90 Å². The summed E-state index contributed by atoms with van der Waals surface area (Å²) in [6.07, 6.45) is 2.12. The minimum absolute atomic E-state index is 0.0977. The number of carbonyl (C=O) groups excluding carboxylic acids is 2. The SMILES string of the molecule is CC(C)(C)[Si](C)(C)OCC[C@@]12CC[C@](C)(O1)C1C(=O)N(c3ccc(C#N)c4ccccc34)C(=O)C12. The number of hydrogen-bond donors (Lipinski definition) is 0. The van der Waals surface area contributed by atoms with Gasteiger partial charge < -0.3 is 9.16 Å². The lowest BCUT2D eigenvalue weighted by Crippen LogP contribution is -2.45. The fourth-order valence-electron chi connectivity index (χ4n) is 6.12. The highest BCUT2D eigenvalue weighted by Crippen LogP contribution is 2.62. The van der Waals surface area contributed by atoms with Crippen LogP contribution in [-0.2, 0) is 18.8 Å². The van der Waals surface area contributed by atoms with Crippen LogP contribution in [0.15, 0.2) is 36.4 Å². The van der Waals surface area contributed by atoms with Crippen molar-refractivity contribution >= 4 is 36.6 Å². The molecule has 3 heterocycles. The van der Waals surface area contributed by atoms with Gasteiger partial charge in [-0.3, -0.25) is 9.59 Å². The second kappa shape index (κ2) is 7.73. The molecule has 2 unspecified atom stereocenters. The van der Waals surface area contributed by atoms with Crippen molar-refractivity contribution in [3.63, 3.8) is 0 Å². The Morgan fingerprint density at radius 2 is 1.74 bits per heavy atom. The number of amides is 2. The van der Waals surface area contributed by atoms with Crippen molar-refractivity contribution in [2.75, 3.05) is 11.5 Å². The molecule has 6 nitrogen and oxygen atoms in total. The van der Waals surface area contributed by atoms with Crippen LogP contribution in [0, 0.1) is 23.2 Å². The first-order valence-electron chi connectivity index (χ1n) is 12.5. The lowest BCUT2D eigenvalue weighted by Gasteiger charge is -2.38. The molecule has 7 heteroatoms. The number of nitriles is 1. The summed E-state index contributed by atoms with van der Waals surface area (Å²) in [6.45, 7) is 13.6. The van der Waals surface area contributed by atoms with E-state index in [1.165, 1.54) is 4.90 Å². The summed E-state index contributed by atoms with van der Waals surface area (Å²) < 4.78 is 13.0. The number of benzene rings is 2. The van der Waals surface area contributed by atoms with Crippen molar-refractivity contribution < 1.29 is 18.8 Å². The molecule has 3 aliphatic rings. The van der Waals surface area contributed by atoms with E-state index in [1.807, 2.05) is 31.2 Å². The molecule has 2 amide bonds. The predicted molar refractivity (Wildman–Crippen MR) is 137 cm³/mol. The molecule has 4 atom stereocenters. The summed E-state index contributed by atoms with van der Waals surface area (Å²) in [5.41, 5.74) is -0.241. The van der Waals surface area contributed by atoms with Gasteiger partial charge in [0.05, 0.1) is 40.4 Å². The first kappa shape index (κ1) is 24.2. The van der Waals surface area contributed by atoms with Gasteiger partial charge in [-0.05, 0) is 56.5 Å². The number of anilines is 1. The smallest absolute Gasteiger partial charge is 0.240 e. The maximum atomic E-state index is 14.0. The summed E-state index contributed by atoms with van der Waals surface area (Å²) in [4.78, 5) is 29.2.